The van der Waals surface area contributed by atoms with Gasteiger partial charge in [-0.3, -0.25) is 9.78 Å². The Morgan fingerprint density at radius 2 is 1.88 bits per heavy atom. The Morgan fingerprint density at radius 3 is 2.75 bits per heavy atom. The van der Waals surface area contributed by atoms with Gasteiger partial charge in [0.1, 0.15) is 11.4 Å². The first-order valence-corrected chi connectivity index (χ1v) is 8.09. The number of anilines is 1. The second-order valence-electron chi connectivity index (χ2n) is 5.84. The van der Waals surface area contributed by atoms with Gasteiger partial charge in [-0.25, -0.2) is 4.98 Å². The van der Waals surface area contributed by atoms with Gasteiger partial charge in [0, 0.05) is 50.3 Å². The summed E-state index contributed by atoms with van der Waals surface area (Å²) < 4.78 is 5.46. The van der Waals surface area contributed by atoms with Gasteiger partial charge in [0.05, 0.1) is 11.6 Å². The Balaban J connectivity index is 1.52. The molecule has 0 spiro atoms. The number of nitrogens with zero attached hydrogens (tertiary/aromatic N) is 4. The molecule has 4 heterocycles. The average Bonchev–Trinajstić information content (AvgIpc) is 2.99. The van der Waals surface area contributed by atoms with E-state index in [2.05, 4.69) is 14.9 Å². The summed E-state index contributed by atoms with van der Waals surface area (Å²) >= 11 is 0. The molecule has 6 nitrogen and oxygen atoms in total. The summed E-state index contributed by atoms with van der Waals surface area (Å²) in [6.07, 6.45) is 7.67. The molecule has 0 radical (unpaired) electrons. The minimum atomic E-state index is 0.0636. The van der Waals surface area contributed by atoms with E-state index in [4.69, 9.17) is 4.42 Å². The van der Waals surface area contributed by atoms with Crippen molar-refractivity contribution in [3.8, 4) is 0 Å². The Bertz CT molecular complexity index is 846. The standard InChI is InChI=1S/C18H18N4O2/c23-18(14-2-6-19-7-3-14)22-10-1-9-21(11-12-22)17-15-5-13-24-16(15)4-8-20-17/h2-8,13H,1,9-12H2. The van der Waals surface area contributed by atoms with Crippen LogP contribution in [0.5, 0.6) is 0 Å². The van der Waals surface area contributed by atoms with Crippen LogP contribution in [0.15, 0.2) is 53.5 Å². The third-order valence-corrected chi connectivity index (χ3v) is 4.37. The van der Waals surface area contributed by atoms with Crippen molar-refractivity contribution in [1.82, 2.24) is 14.9 Å². The molecule has 1 fully saturated rings. The average molecular weight is 322 g/mol. The molecule has 1 aliphatic rings. The van der Waals surface area contributed by atoms with E-state index in [0.29, 0.717) is 12.1 Å². The first-order chi connectivity index (χ1) is 11.8. The van der Waals surface area contributed by atoms with Gasteiger partial charge in [-0.2, -0.15) is 0 Å². The summed E-state index contributed by atoms with van der Waals surface area (Å²) in [6.45, 7) is 3.06. The number of amides is 1. The van der Waals surface area contributed by atoms with Gasteiger partial charge in [-0.05, 0) is 30.7 Å². The number of furan rings is 1. The zero-order valence-corrected chi connectivity index (χ0v) is 13.3. The molecule has 1 aliphatic heterocycles. The van der Waals surface area contributed by atoms with Crippen molar-refractivity contribution in [2.45, 2.75) is 6.42 Å². The van der Waals surface area contributed by atoms with Crippen LogP contribution in [0.25, 0.3) is 11.0 Å². The lowest BCUT2D eigenvalue weighted by molar-refractivity contribution is 0.0767. The Labute approximate surface area is 139 Å². The zero-order chi connectivity index (χ0) is 16.4. The highest BCUT2D eigenvalue weighted by atomic mass is 16.3. The fraction of sp³-hybridized carbons (Fsp3) is 0.278. The van der Waals surface area contributed by atoms with Crippen LogP contribution in [-0.4, -0.2) is 47.0 Å². The first kappa shape index (κ1) is 14.7. The van der Waals surface area contributed by atoms with Crippen LogP contribution in [0.4, 0.5) is 5.82 Å². The molecular weight excluding hydrogens is 304 g/mol. The van der Waals surface area contributed by atoms with E-state index < -0.39 is 0 Å². The monoisotopic (exact) mass is 322 g/mol. The number of hydrogen-bond donors (Lipinski definition) is 0. The van der Waals surface area contributed by atoms with Crippen LogP contribution in [0.2, 0.25) is 0 Å². The zero-order valence-electron chi connectivity index (χ0n) is 13.3. The van der Waals surface area contributed by atoms with Gasteiger partial charge < -0.3 is 14.2 Å². The lowest BCUT2D eigenvalue weighted by Crippen LogP contribution is -2.35. The lowest BCUT2D eigenvalue weighted by atomic mass is 10.2. The van der Waals surface area contributed by atoms with Gasteiger partial charge in [0.15, 0.2) is 0 Å². The topological polar surface area (TPSA) is 62.5 Å². The van der Waals surface area contributed by atoms with E-state index in [1.165, 1.54) is 0 Å². The molecule has 0 bridgehead atoms. The van der Waals surface area contributed by atoms with Crippen LogP contribution in [-0.2, 0) is 0 Å². The number of aromatic nitrogens is 2. The number of pyridine rings is 2. The summed E-state index contributed by atoms with van der Waals surface area (Å²) in [5.41, 5.74) is 1.53. The summed E-state index contributed by atoms with van der Waals surface area (Å²) in [7, 11) is 0. The summed E-state index contributed by atoms with van der Waals surface area (Å²) in [5, 5.41) is 1.02. The highest BCUT2D eigenvalue weighted by Crippen LogP contribution is 2.26. The molecule has 0 saturated carbocycles. The second kappa shape index (κ2) is 6.31. The summed E-state index contributed by atoms with van der Waals surface area (Å²) in [4.78, 5) is 25.3. The van der Waals surface area contributed by atoms with Gasteiger partial charge in [-0.15, -0.1) is 0 Å². The van der Waals surface area contributed by atoms with E-state index in [0.717, 1.165) is 42.8 Å². The second-order valence-corrected chi connectivity index (χ2v) is 5.84. The third-order valence-electron chi connectivity index (χ3n) is 4.37. The van der Waals surface area contributed by atoms with Crippen molar-refractivity contribution in [3.05, 3.63) is 54.7 Å². The van der Waals surface area contributed by atoms with E-state index in [1.54, 1.807) is 37.0 Å². The molecule has 0 atom stereocenters. The van der Waals surface area contributed by atoms with Crippen LogP contribution < -0.4 is 4.90 Å². The maximum absolute atomic E-state index is 12.6. The van der Waals surface area contributed by atoms with Gasteiger partial charge in [0.2, 0.25) is 0 Å². The molecule has 0 aromatic carbocycles. The molecule has 1 amide bonds. The predicted molar refractivity (Wildman–Crippen MR) is 91.0 cm³/mol. The number of hydrogen-bond acceptors (Lipinski definition) is 5. The summed E-state index contributed by atoms with van der Waals surface area (Å²) in [5.74, 6) is 0.994. The van der Waals surface area contributed by atoms with Crippen LogP contribution in [0.3, 0.4) is 0 Å². The van der Waals surface area contributed by atoms with Crippen molar-refractivity contribution < 1.29 is 9.21 Å². The van der Waals surface area contributed by atoms with E-state index >= 15 is 0 Å². The minimum absolute atomic E-state index is 0.0636. The van der Waals surface area contributed by atoms with Gasteiger partial charge in [-0.1, -0.05) is 0 Å². The molecular formula is C18H18N4O2. The van der Waals surface area contributed by atoms with Crippen molar-refractivity contribution in [2.75, 3.05) is 31.1 Å². The van der Waals surface area contributed by atoms with Crippen LogP contribution in [0.1, 0.15) is 16.8 Å². The fourth-order valence-corrected chi connectivity index (χ4v) is 3.14. The Kier molecular flexibility index (Phi) is 3.86. The smallest absolute Gasteiger partial charge is 0.254 e. The molecule has 0 unspecified atom stereocenters. The number of rotatable bonds is 2. The Morgan fingerprint density at radius 1 is 1.00 bits per heavy atom. The fourth-order valence-electron chi connectivity index (χ4n) is 3.14. The van der Waals surface area contributed by atoms with E-state index in [1.807, 2.05) is 17.0 Å². The number of fused-ring (bicyclic) bond motifs is 1. The molecule has 24 heavy (non-hydrogen) atoms. The Hall–Kier alpha value is -2.89. The molecule has 6 heteroatoms. The number of carbonyl (C=O) groups excluding carboxylic acids is 1. The third kappa shape index (κ3) is 2.71. The predicted octanol–water partition coefficient (Wildman–Crippen LogP) is 2.58. The molecule has 4 rings (SSSR count). The highest BCUT2D eigenvalue weighted by Gasteiger charge is 2.22. The maximum atomic E-state index is 12.6. The van der Waals surface area contributed by atoms with Crippen molar-refractivity contribution in [3.63, 3.8) is 0 Å². The highest BCUT2D eigenvalue weighted by molar-refractivity contribution is 5.94. The van der Waals surface area contributed by atoms with Gasteiger partial charge >= 0.3 is 0 Å². The lowest BCUT2D eigenvalue weighted by Gasteiger charge is -2.23. The number of carbonyl (C=O) groups is 1. The largest absolute Gasteiger partial charge is 0.464 e. The summed E-state index contributed by atoms with van der Waals surface area (Å²) in [6, 6.07) is 7.34. The first-order valence-electron chi connectivity index (χ1n) is 8.09. The molecule has 122 valence electrons. The normalized spacial score (nSPS) is 15.5. The molecule has 3 aromatic heterocycles. The maximum Gasteiger partial charge on any atom is 0.254 e. The molecule has 3 aromatic rings. The molecule has 1 saturated heterocycles. The van der Waals surface area contributed by atoms with Crippen molar-refractivity contribution in [2.24, 2.45) is 0 Å². The quantitative estimate of drug-likeness (QED) is 0.725. The van der Waals surface area contributed by atoms with Gasteiger partial charge in [0.25, 0.3) is 5.91 Å². The van der Waals surface area contributed by atoms with Crippen LogP contribution in [0, 0.1) is 0 Å². The van der Waals surface area contributed by atoms with Crippen molar-refractivity contribution >= 4 is 22.7 Å². The van der Waals surface area contributed by atoms with Crippen LogP contribution >= 0.6 is 0 Å². The minimum Gasteiger partial charge on any atom is -0.464 e. The molecule has 0 N–H and O–H groups in total. The SMILES string of the molecule is O=C(c1ccncc1)N1CCCN(c2nccc3occc23)CC1. The van der Waals surface area contributed by atoms with Crippen molar-refractivity contribution in [1.29, 1.82) is 0 Å². The van der Waals surface area contributed by atoms with E-state index in [-0.39, 0.29) is 5.91 Å². The van der Waals surface area contributed by atoms with E-state index in [9.17, 15) is 4.79 Å². The molecule has 0 aliphatic carbocycles.